The molecule has 5 nitrogen and oxygen atoms in total. The Morgan fingerprint density at radius 3 is 2.91 bits per heavy atom. The highest BCUT2D eigenvalue weighted by Gasteiger charge is 2.39. The summed E-state index contributed by atoms with van der Waals surface area (Å²) >= 11 is 0. The summed E-state index contributed by atoms with van der Waals surface area (Å²) in [7, 11) is 0. The van der Waals surface area contributed by atoms with E-state index < -0.39 is 0 Å². The molecule has 2 fully saturated rings. The zero-order chi connectivity index (χ0) is 15.7. The maximum Gasteiger partial charge on any atom is 0.161 e. The van der Waals surface area contributed by atoms with Gasteiger partial charge in [-0.1, -0.05) is 0 Å². The normalized spacial score (nSPS) is 26.2. The lowest BCUT2D eigenvalue weighted by molar-refractivity contribution is -0.0373. The Morgan fingerprint density at radius 2 is 2.17 bits per heavy atom. The van der Waals surface area contributed by atoms with Crippen molar-refractivity contribution in [1.82, 2.24) is 5.48 Å². The zero-order valence-electron chi connectivity index (χ0n) is 13.5. The van der Waals surface area contributed by atoms with Gasteiger partial charge in [0.1, 0.15) is 5.60 Å². The largest absolute Gasteiger partial charge is 0.490 e. The molecule has 3 aliphatic rings. The van der Waals surface area contributed by atoms with E-state index in [2.05, 4.69) is 11.6 Å². The van der Waals surface area contributed by atoms with Crippen LogP contribution in [-0.4, -0.2) is 32.0 Å². The molecule has 2 heterocycles. The highest BCUT2D eigenvalue weighted by atomic mass is 16.7. The molecule has 0 bridgehead atoms. The van der Waals surface area contributed by atoms with Crippen LogP contribution in [0.5, 0.6) is 11.5 Å². The number of hydrogen-bond donors (Lipinski definition) is 1. The first kappa shape index (κ1) is 14.8. The first-order valence-electron chi connectivity index (χ1n) is 8.43. The van der Waals surface area contributed by atoms with Gasteiger partial charge < -0.3 is 14.2 Å². The van der Waals surface area contributed by atoms with Crippen molar-refractivity contribution in [2.45, 2.75) is 31.8 Å². The molecule has 1 atom stereocenters. The molecule has 1 aromatic carbocycles. The first-order chi connectivity index (χ1) is 11.3. The summed E-state index contributed by atoms with van der Waals surface area (Å²) in [6, 6.07) is 6.05. The van der Waals surface area contributed by atoms with Crippen molar-refractivity contribution in [3.63, 3.8) is 0 Å². The molecule has 1 unspecified atom stereocenters. The first-order valence-corrected chi connectivity index (χ1v) is 8.43. The van der Waals surface area contributed by atoms with Crippen LogP contribution in [0.15, 0.2) is 24.3 Å². The van der Waals surface area contributed by atoms with Crippen LogP contribution in [0.3, 0.4) is 0 Å². The SMILES string of the molecule is CCOc1cc(C2=CC3(CCOC3)ON2)ccc1OCC1CC1. The fourth-order valence-electron chi connectivity index (χ4n) is 2.93. The number of hydrogen-bond acceptors (Lipinski definition) is 5. The van der Waals surface area contributed by atoms with Gasteiger partial charge in [0.15, 0.2) is 11.5 Å². The molecule has 1 saturated carbocycles. The van der Waals surface area contributed by atoms with Crippen molar-refractivity contribution in [3.05, 3.63) is 29.8 Å². The maximum absolute atomic E-state index is 5.91. The second kappa shape index (κ2) is 6.06. The van der Waals surface area contributed by atoms with Gasteiger partial charge in [0.25, 0.3) is 0 Å². The summed E-state index contributed by atoms with van der Waals surface area (Å²) in [6.07, 6.45) is 5.56. The van der Waals surface area contributed by atoms with Crippen molar-refractivity contribution >= 4 is 5.70 Å². The summed E-state index contributed by atoms with van der Waals surface area (Å²) < 4.78 is 17.1. The predicted molar refractivity (Wildman–Crippen MR) is 86.2 cm³/mol. The van der Waals surface area contributed by atoms with E-state index in [0.29, 0.717) is 13.2 Å². The standard InChI is InChI=1S/C18H23NO4/c1-2-21-17-9-14(5-6-16(17)22-11-13-3-4-13)15-10-18(23-19-15)7-8-20-12-18/h5-6,9-10,13,19H,2-4,7-8,11-12H2,1H3. The van der Waals surface area contributed by atoms with E-state index in [1.54, 1.807) is 0 Å². The molecule has 0 radical (unpaired) electrons. The van der Waals surface area contributed by atoms with Crippen molar-refractivity contribution < 1.29 is 19.0 Å². The van der Waals surface area contributed by atoms with Gasteiger partial charge in [0.05, 0.1) is 25.5 Å². The second-order valence-electron chi connectivity index (χ2n) is 6.48. The van der Waals surface area contributed by atoms with E-state index in [1.807, 2.05) is 25.1 Å². The highest BCUT2D eigenvalue weighted by Crippen LogP contribution is 2.37. The molecule has 0 aromatic heterocycles. The lowest BCUT2D eigenvalue weighted by Crippen LogP contribution is -2.29. The summed E-state index contributed by atoms with van der Waals surface area (Å²) in [5.74, 6) is 2.33. The van der Waals surface area contributed by atoms with Crippen molar-refractivity contribution in [3.8, 4) is 11.5 Å². The number of nitrogens with one attached hydrogen (secondary N) is 1. The predicted octanol–water partition coefficient (Wildman–Crippen LogP) is 2.91. The Kier molecular flexibility index (Phi) is 3.91. The van der Waals surface area contributed by atoms with Gasteiger partial charge in [-0.3, -0.25) is 10.3 Å². The minimum absolute atomic E-state index is 0.317. The number of rotatable bonds is 6. The molecule has 4 rings (SSSR count). The van der Waals surface area contributed by atoms with Crippen LogP contribution in [0, 0.1) is 5.92 Å². The van der Waals surface area contributed by atoms with Gasteiger partial charge in [0, 0.05) is 18.6 Å². The third-order valence-electron chi connectivity index (χ3n) is 4.51. The lowest BCUT2D eigenvalue weighted by atomic mass is 10.0. The molecule has 1 saturated heterocycles. The number of benzene rings is 1. The Labute approximate surface area is 136 Å². The smallest absolute Gasteiger partial charge is 0.161 e. The topological polar surface area (TPSA) is 49.0 Å². The Bertz CT molecular complexity index is 603. The molecule has 5 heteroatoms. The molecule has 1 N–H and O–H groups in total. The minimum Gasteiger partial charge on any atom is -0.490 e. The molecule has 23 heavy (non-hydrogen) atoms. The van der Waals surface area contributed by atoms with Gasteiger partial charge in [-0.05, 0) is 50.0 Å². The van der Waals surface area contributed by atoms with E-state index in [4.69, 9.17) is 19.0 Å². The van der Waals surface area contributed by atoms with Crippen LogP contribution in [-0.2, 0) is 9.57 Å². The van der Waals surface area contributed by atoms with Gasteiger partial charge in [-0.2, -0.15) is 0 Å². The third kappa shape index (κ3) is 3.16. The van der Waals surface area contributed by atoms with Gasteiger partial charge >= 0.3 is 0 Å². The Balaban J connectivity index is 1.55. The van der Waals surface area contributed by atoms with Crippen LogP contribution >= 0.6 is 0 Å². The summed E-state index contributed by atoms with van der Waals surface area (Å²) in [4.78, 5) is 5.75. The van der Waals surface area contributed by atoms with Crippen LogP contribution in [0.1, 0.15) is 31.7 Å². The quantitative estimate of drug-likeness (QED) is 0.874. The maximum atomic E-state index is 5.91. The van der Waals surface area contributed by atoms with E-state index >= 15 is 0 Å². The average Bonchev–Trinajstić information content (AvgIpc) is 3.13. The fraction of sp³-hybridized carbons (Fsp3) is 0.556. The lowest BCUT2D eigenvalue weighted by Gasteiger charge is -2.15. The minimum atomic E-state index is -0.317. The molecule has 0 amide bonds. The summed E-state index contributed by atoms with van der Waals surface area (Å²) in [5.41, 5.74) is 4.72. The monoisotopic (exact) mass is 317 g/mol. The van der Waals surface area contributed by atoms with Gasteiger partial charge in [-0.15, -0.1) is 0 Å². The van der Waals surface area contributed by atoms with Crippen molar-refractivity contribution in [2.24, 2.45) is 5.92 Å². The van der Waals surface area contributed by atoms with Gasteiger partial charge in [-0.25, -0.2) is 0 Å². The molecular weight excluding hydrogens is 294 g/mol. The van der Waals surface area contributed by atoms with Crippen LogP contribution in [0.25, 0.3) is 5.70 Å². The van der Waals surface area contributed by atoms with Crippen molar-refractivity contribution in [1.29, 1.82) is 0 Å². The number of ether oxygens (including phenoxy) is 3. The van der Waals surface area contributed by atoms with Crippen LogP contribution in [0.2, 0.25) is 0 Å². The van der Waals surface area contributed by atoms with Gasteiger partial charge in [0.2, 0.25) is 0 Å². The Morgan fingerprint density at radius 1 is 1.26 bits per heavy atom. The van der Waals surface area contributed by atoms with E-state index in [-0.39, 0.29) is 5.60 Å². The summed E-state index contributed by atoms with van der Waals surface area (Å²) in [5, 5.41) is 0. The summed E-state index contributed by atoms with van der Waals surface area (Å²) in [6.45, 7) is 4.72. The molecule has 124 valence electrons. The van der Waals surface area contributed by atoms with E-state index in [9.17, 15) is 0 Å². The molecular formula is C18H23NO4. The molecule has 1 spiro atoms. The highest BCUT2D eigenvalue weighted by molar-refractivity contribution is 5.68. The average molecular weight is 317 g/mol. The number of hydroxylamine groups is 1. The molecule has 1 aliphatic carbocycles. The van der Waals surface area contributed by atoms with Crippen LogP contribution in [0.4, 0.5) is 0 Å². The molecule has 2 aliphatic heterocycles. The zero-order valence-corrected chi connectivity index (χ0v) is 13.5. The third-order valence-corrected chi connectivity index (χ3v) is 4.51. The second-order valence-corrected chi connectivity index (χ2v) is 6.48. The Hall–Kier alpha value is -1.72. The van der Waals surface area contributed by atoms with E-state index in [0.717, 1.165) is 48.3 Å². The molecule has 1 aromatic rings. The van der Waals surface area contributed by atoms with E-state index in [1.165, 1.54) is 12.8 Å². The van der Waals surface area contributed by atoms with Crippen molar-refractivity contribution in [2.75, 3.05) is 26.4 Å². The fourth-order valence-corrected chi connectivity index (χ4v) is 2.93. The van der Waals surface area contributed by atoms with Crippen LogP contribution < -0.4 is 15.0 Å².